The topological polar surface area (TPSA) is 74.7 Å². The zero-order valence-corrected chi connectivity index (χ0v) is 10.6. The number of hydrogen-bond acceptors (Lipinski definition) is 5. The van der Waals surface area contributed by atoms with E-state index >= 15 is 0 Å². The summed E-state index contributed by atoms with van der Waals surface area (Å²) in [6, 6.07) is 5.46. The van der Waals surface area contributed by atoms with E-state index in [9.17, 15) is 0 Å². The van der Waals surface area contributed by atoms with Crippen molar-refractivity contribution < 1.29 is 4.42 Å². The van der Waals surface area contributed by atoms with Gasteiger partial charge in [0.05, 0.1) is 17.8 Å². The Morgan fingerprint density at radius 2 is 2.17 bits per heavy atom. The second-order valence-corrected chi connectivity index (χ2v) is 4.17. The van der Waals surface area contributed by atoms with Crippen LogP contribution in [0.5, 0.6) is 0 Å². The van der Waals surface area contributed by atoms with Gasteiger partial charge in [-0.25, -0.2) is 9.97 Å². The zero-order valence-electron chi connectivity index (χ0n) is 10.6. The minimum Gasteiger partial charge on any atom is -0.444 e. The van der Waals surface area contributed by atoms with Crippen molar-refractivity contribution in [3.8, 4) is 6.07 Å². The Morgan fingerprint density at radius 3 is 2.78 bits per heavy atom. The Morgan fingerprint density at radius 1 is 1.39 bits per heavy atom. The van der Waals surface area contributed by atoms with E-state index in [-0.39, 0.29) is 6.04 Å². The third-order valence-corrected chi connectivity index (χ3v) is 2.46. The van der Waals surface area contributed by atoms with Crippen molar-refractivity contribution in [2.75, 3.05) is 5.32 Å². The predicted molar refractivity (Wildman–Crippen MR) is 67.0 cm³/mol. The van der Waals surface area contributed by atoms with Gasteiger partial charge in [-0.05, 0) is 32.9 Å². The summed E-state index contributed by atoms with van der Waals surface area (Å²) in [5, 5.41) is 12.1. The molecule has 92 valence electrons. The third kappa shape index (κ3) is 2.66. The fraction of sp³-hybridized carbons (Fsp3) is 0.308. The van der Waals surface area contributed by atoms with E-state index in [1.54, 1.807) is 18.3 Å². The average Bonchev–Trinajstić information content (AvgIpc) is 2.75. The minimum absolute atomic E-state index is 0.0976. The molecule has 1 N–H and O–H groups in total. The van der Waals surface area contributed by atoms with E-state index in [4.69, 9.17) is 9.68 Å². The number of pyridine rings is 1. The van der Waals surface area contributed by atoms with Gasteiger partial charge in [-0.2, -0.15) is 5.26 Å². The Bertz CT molecular complexity index is 597. The number of anilines is 1. The van der Waals surface area contributed by atoms with Crippen molar-refractivity contribution in [2.24, 2.45) is 0 Å². The summed E-state index contributed by atoms with van der Waals surface area (Å²) in [5.74, 6) is 2.03. The summed E-state index contributed by atoms with van der Waals surface area (Å²) < 4.78 is 5.44. The van der Waals surface area contributed by atoms with Crippen LogP contribution in [-0.4, -0.2) is 9.97 Å². The quantitative estimate of drug-likeness (QED) is 0.895. The van der Waals surface area contributed by atoms with Gasteiger partial charge in [0.15, 0.2) is 0 Å². The zero-order chi connectivity index (χ0) is 13.1. The van der Waals surface area contributed by atoms with Crippen molar-refractivity contribution in [1.82, 2.24) is 9.97 Å². The molecule has 0 spiro atoms. The second kappa shape index (κ2) is 4.88. The van der Waals surface area contributed by atoms with Gasteiger partial charge >= 0.3 is 0 Å². The summed E-state index contributed by atoms with van der Waals surface area (Å²) in [5.41, 5.74) is 1.38. The van der Waals surface area contributed by atoms with Crippen LogP contribution >= 0.6 is 0 Å². The van der Waals surface area contributed by atoms with Gasteiger partial charge in [0.2, 0.25) is 5.89 Å². The monoisotopic (exact) mass is 242 g/mol. The first-order valence-electron chi connectivity index (χ1n) is 5.66. The van der Waals surface area contributed by atoms with Crippen LogP contribution in [0.1, 0.15) is 35.9 Å². The molecule has 2 aromatic heterocycles. The van der Waals surface area contributed by atoms with Gasteiger partial charge in [-0.3, -0.25) is 0 Å². The summed E-state index contributed by atoms with van der Waals surface area (Å²) in [6.45, 7) is 5.63. The van der Waals surface area contributed by atoms with Crippen molar-refractivity contribution in [3.05, 3.63) is 41.2 Å². The molecular weight excluding hydrogens is 228 g/mol. The Hall–Kier alpha value is -2.35. The van der Waals surface area contributed by atoms with Crippen LogP contribution in [0, 0.1) is 25.2 Å². The van der Waals surface area contributed by atoms with E-state index in [1.807, 2.05) is 20.8 Å². The molecule has 2 aromatic rings. The molecule has 1 unspecified atom stereocenters. The molecular formula is C13H14N4O. The van der Waals surface area contributed by atoms with Gasteiger partial charge < -0.3 is 9.73 Å². The van der Waals surface area contributed by atoms with Crippen molar-refractivity contribution >= 4 is 5.82 Å². The SMILES string of the molecule is Cc1cc(C#N)cc(NC(C)c2ncc(C)o2)n1. The molecule has 0 aliphatic carbocycles. The van der Waals surface area contributed by atoms with E-state index in [0.717, 1.165) is 11.5 Å². The minimum atomic E-state index is -0.0976. The predicted octanol–water partition coefficient (Wildman–Crippen LogP) is 2.73. The van der Waals surface area contributed by atoms with Gasteiger partial charge in [-0.1, -0.05) is 0 Å². The van der Waals surface area contributed by atoms with Gasteiger partial charge in [0, 0.05) is 5.69 Å². The van der Waals surface area contributed by atoms with Gasteiger partial charge in [0.1, 0.15) is 17.6 Å². The normalized spacial score (nSPS) is 11.9. The number of aryl methyl sites for hydroxylation is 2. The number of nitrogens with zero attached hydrogens (tertiary/aromatic N) is 3. The van der Waals surface area contributed by atoms with Gasteiger partial charge in [0.25, 0.3) is 0 Å². The third-order valence-electron chi connectivity index (χ3n) is 2.46. The number of oxazole rings is 1. The van der Waals surface area contributed by atoms with Crippen LogP contribution in [0.3, 0.4) is 0 Å². The van der Waals surface area contributed by atoms with Crippen LogP contribution in [0.2, 0.25) is 0 Å². The molecule has 0 amide bonds. The van der Waals surface area contributed by atoms with Gasteiger partial charge in [-0.15, -0.1) is 0 Å². The lowest BCUT2D eigenvalue weighted by atomic mass is 10.2. The lowest BCUT2D eigenvalue weighted by Gasteiger charge is -2.11. The van der Waals surface area contributed by atoms with E-state index in [0.29, 0.717) is 17.3 Å². The van der Waals surface area contributed by atoms with E-state index < -0.39 is 0 Å². The molecule has 2 heterocycles. The Labute approximate surface area is 105 Å². The maximum absolute atomic E-state index is 8.90. The van der Waals surface area contributed by atoms with Crippen molar-refractivity contribution in [2.45, 2.75) is 26.8 Å². The highest BCUT2D eigenvalue weighted by Gasteiger charge is 2.12. The molecule has 0 saturated heterocycles. The van der Waals surface area contributed by atoms with Crippen molar-refractivity contribution in [1.29, 1.82) is 5.26 Å². The molecule has 2 rings (SSSR count). The summed E-state index contributed by atoms with van der Waals surface area (Å²) in [4.78, 5) is 8.48. The molecule has 0 bridgehead atoms. The summed E-state index contributed by atoms with van der Waals surface area (Å²) in [6.07, 6.45) is 1.68. The summed E-state index contributed by atoms with van der Waals surface area (Å²) in [7, 11) is 0. The molecule has 0 aliphatic rings. The number of nitrogens with one attached hydrogen (secondary N) is 1. The fourth-order valence-corrected chi connectivity index (χ4v) is 1.66. The molecule has 0 radical (unpaired) electrons. The molecule has 0 fully saturated rings. The maximum atomic E-state index is 8.90. The van der Waals surface area contributed by atoms with Crippen LogP contribution < -0.4 is 5.32 Å². The van der Waals surface area contributed by atoms with Crippen LogP contribution in [0.4, 0.5) is 5.82 Å². The number of nitriles is 1. The fourth-order valence-electron chi connectivity index (χ4n) is 1.66. The van der Waals surface area contributed by atoms with Crippen LogP contribution in [0.25, 0.3) is 0 Å². The highest BCUT2D eigenvalue weighted by Crippen LogP contribution is 2.18. The molecule has 0 aromatic carbocycles. The highest BCUT2D eigenvalue weighted by atomic mass is 16.4. The Balaban J connectivity index is 2.19. The average molecular weight is 242 g/mol. The number of aromatic nitrogens is 2. The maximum Gasteiger partial charge on any atom is 0.216 e. The molecule has 5 nitrogen and oxygen atoms in total. The highest BCUT2D eigenvalue weighted by molar-refractivity contribution is 5.45. The first-order valence-corrected chi connectivity index (χ1v) is 5.66. The molecule has 18 heavy (non-hydrogen) atoms. The smallest absolute Gasteiger partial charge is 0.216 e. The van der Waals surface area contributed by atoms with Crippen LogP contribution in [-0.2, 0) is 0 Å². The standard InChI is InChI=1S/C13H14N4O/c1-8-4-11(6-14)5-12(16-8)17-10(3)13-15-7-9(2)18-13/h4-5,7,10H,1-3H3,(H,16,17). The Kier molecular flexibility index (Phi) is 3.28. The largest absolute Gasteiger partial charge is 0.444 e. The first-order chi connectivity index (χ1) is 8.58. The van der Waals surface area contributed by atoms with E-state index in [2.05, 4.69) is 21.4 Å². The molecule has 0 saturated carbocycles. The number of hydrogen-bond donors (Lipinski definition) is 1. The lowest BCUT2D eigenvalue weighted by Crippen LogP contribution is -2.08. The number of rotatable bonds is 3. The molecule has 0 aliphatic heterocycles. The first kappa shape index (κ1) is 12.1. The van der Waals surface area contributed by atoms with Crippen LogP contribution in [0.15, 0.2) is 22.7 Å². The second-order valence-electron chi connectivity index (χ2n) is 4.17. The van der Waals surface area contributed by atoms with Crippen molar-refractivity contribution in [3.63, 3.8) is 0 Å². The molecule has 5 heteroatoms. The lowest BCUT2D eigenvalue weighted by molar-refractivity contribution is 0.453. The van der Waals surface area contributed by atoms with E-state index in [1.165, 1.54) is 0 Å². The molecule has 1 atom stereocenters. The summed E-state index contributed by atoms with van der Waals surface area (Å²) >= 11 is 0.